The minimum atomic E-state index is -4.52. The third-order valence-corrected chi connectivity index (χ3v) is 8.28. The first-order valence-corrected chi connectivity index (χ1v) is 15.2. The number of nitrogens with one attached hydrogen (secondary N) is 2. The third kappa shape index (κ3) is 7.15. The number of nitrogens with zero attached hydrogens (tertiary/aromatic N) is 3. The number of halogens is 4. The second kappa shape index (κ2) is 13.3. The number of rotatable bonds is 4. The van der Waals surface area contributed by atoms with Gasteiger partial charge in [-0.15, -0.1) is 0 Å². The first kappa shape index (κ1) is 31.8. The fourth-order valence-corrected chi connectivity index (χ4v) is 5.88. The van der Waals surface area contributed by atoms with E-state index in [1.165, 1.54) is 11.8 Å². The van der Waals surface area contributed by atoms with Crippen molar-refractivity contribution >= 4 is 35.0 Å². The maximum atomic E-state index is 13.3. The van der Waals surface area contributed by atoms with Crippen molar-refractivity contribution in [2.75, 3.05) is 17.7 Å². The molecule has 12 heteroatoms. The second-order valence-electron chi connectivity index (χ2n) is 11.2. The number of aromatic nitrogens is 3. The number of hydrogen-bond acceptors (Lipinski definition) is 5. The SMILES string of the molecule is COC(=O)Nc1ccc2c(c1)NC(=O)CCCCC(c1ccc(-c3cc(Cl)ccc3-n3cc(C(F)(F)F)cn3)cn1)c1cccc-2c1. The summed E-state index contributed by atoms with van der Waals surface area (Å²) in [6.07, 6.45) is 0.783. The van der Waals surface area contributed by atoms with Gasteiger partial charge in [-0.2, -0.15) is 18.3 Å². The van der Waals surface area contributed by atoms with Crippen LogP contribution in [-0.4, -0.2) is 33.9 Å². The van der Waals surface area contributed by atoms with Crippen molar-refractivity contribution in [2.45, 2.75) is 37.8 Å². The topological polar surface area (TPSA) is 98.1 Å². The van der Waals surface area contributed by atoms with Crippen molar-refractivity contribution < 1.29 is 27.5 Å². The molecule has 0 saturated carbocycles. The van der Waals surface area contributed by atoms with Gasteiger partial charge >= 0.3 is 12.3 Å². The summed E-state index contributed by atoms with van der Waals surface area (Å²) in [5, 5.41) is 10.0. The molecular formula is C35H29ClF3N5O3. The van der Waals surface area contributed by atoms with Crippen molar-refractivity contribution in [3.8, 4) is 27.9 Å². The predicted octanol–water partition coefficient (Wildman–Crippen LogP) is 9.10. The maximum Gasteiger partial charge on any atom is 0.419 e. The highest BCUT2D eigenvalue weighted by Gasteiger charge is 2.32. The standard InChI is InChI=1S/C35H29ClF3N5O3/c1-47-34(46)42-26-11-12-28-22-6-4-5-21(15-22)27(7-2-3-8-33(45)43-31(28)17-26)30-13-9-23(18-40-30)29-16-25(36)10-14-32(29)44-20-24(19-41-44)35(37,38)39/h4-6,9-20,27H,2-3,7-8H2,1H3,(H,42,46)(H,43,45). The van der Waals surface area contributed by atoms with Crippen molar-refractivity contribution in [3.05, 3.63) is 113 Å². The lowest BCUT2D eigenvalue weighted by Crippen LogP contribution is -2.14. The normalized spacial score (nSPS) is 15.1. The molecule has 0 aliphatic carbocycles. The molecule has 47 heavy (non-hydrogen) atoms. The van der Waals surface area contributed by atoms with Gasteiger partial charge in [0.25, 0.3) is 0 Å². The third-order valence-electron chi connectivity index (χ3n) is 8.04. The molecule has 3 aromatic carbocycles. The molecule has 0 fully saturated rings. The molecule has 5 aromatic rings. The van der Waals surface area contributed by atoms with Crippen molar-refractivity contribution in [1.29, 1.82) is 0 Å². The molecule has 0 spiro atoms. The van der Waals surface area contributed by atoms with E-state index in [1.807, 2.05) is 36.4 Å². The van der Waals surface area contributed by atoms with Gasteiger partial charge in [-0.3, -0.25) is 15.1 Å². The average Bonchev–Trinajstić information content (AvgIpc) is 3.56. The summed E-state index contributed by atoms with van der Waals surface area (Å²) in [6, 6.07) is 22.0. The van der Waals surface area contributed by atoms with E-state index in [2.05, 4.69) is 21.8 Å². The zero-order valence-electron chi connectivity index (χ0n) is 25.1. The number of fused-ring (bicyclic) bond motifs is 4. The molecule has 1 aliphatic heterocycles. The number of ether oxygens (including phenoxy) is 1. The quantitative estimate of drug-likeness (QED) is 0.201. The number of carbonyl (C=O) groups is 2. The monoisotopic (exact) mass is 659 g/mol. The molecule has 1 atom stereocenters. The molecule has 6 rings (SSSR count). The van der Waals surface area contributed by atoms with E-state index >= 15 is 0 Å². The summed E-state index contributed by atoms with van der Waals surface area (Å²) < 4.78 is 45.7. The number of alkyl halides is 3. The van der Waals surface area contributed by atoms with Crippen LogP contribution in [0.3, 0.4) is 0 Å². The fraction of sp³-hybridized carbons (Fsp3) is 0.200. The highest BCUT2D eigenvalue weighted by atomic mass is 35.5. The molecule has 3 heterocycles. The molecule has 0 radical (unpaired) electrons. The lowest BCUT2D eigenvalue weighted by molar-refractivity contribution is -0.137. The van der Waals surface area contributed by atoms with Gasteiger partial charge in [-0.1, -0.05) is 54.4 Å². The molecular weight excluding hydrogens is 631 g/mol. The van der Waals surface area contributed by atoms with Gasteiger partial charge in [0.15, 0.2) is 0 Å². The maximum absolute atomic E-state index is 13.3. The van der Waals surface area contributed by atoms with Crippen LogP contribution in [0.25, 0.3) is 27.9 Å². The fourth-order valence-electron chi connectivity index (χ4n) is 5.71. The number of carbonyl (C=O) groups excluding carboxylic acids is 2. The average molecular weight is 660 g/mol. The molecule has 1 unspecified atom stereocenters. The van der Waals surface area contributed by atoms with E-state index in [4.69, 9.17) is 21.3 Å². The van der Waals surface area contributed by atoms with Gasteiger partial charge in [-0.05, 0) is 60.4 Å². The molecule has 240 valence electrons. The van der Waals surface area contributed by atoms with Gasteiger partial charge in [0, 0.05) is 57.8 Å². The van der Waals surface area contributed by atoms with Crippen LogP contribution in [0.15, 0.2) is 91.4 Å². The van der Waals surface area contributed by atoms with E-state index in [9.17, 15) is 22.8 Å². The summed E-state index contributed by atoms with van der Waals surface area (Å²) in [5.74, 6) is -0.219. The smallest absolute Gasteiger partial charge is 0.419 e. The number of pyridine rings is 1. The highest BCUT2D eigenvalue weighted by Crippen LogP contribution is 2.38. The van der Waals surface area contributed by atoms with Gasteiger partial charge < -0.3 is 10.1 Å². The number of amides is 2. The Morgan fingerprint density at radius 1 is 1.00 bits per heavy atom. The summed E-state index contributed by atoms with van der Waals surface area (Å²) in [6.45, 7) is 0. The Balaban J connectivity index is 1.35. The van der Waals surface area contributed by atoms with Crippen LogP contribution in [0.4, 0.5) is 29.3 Å². The largest absolute Gasteiger partial charge is 0.453 e. The lowest BCUT2D eigenvalue weighted by Gasteiger charge is -2.21. The summed E-state index contributed by atoms with van der Waals surface area (Å²) >= 11 is 6.31. The first-order chi connectivity index (χ1) is 22.6. The van der Waals surface area contributed by atoms with Crippen LogP contribution in [0.2, 0.25) is 5.02 Å². The second-order valence-corrected chi connectivity index (χ2v) is 11.6. The van der Waals surface area contributed by atoms with E-state index in [0.29, 0.717) is 46.1 Å². The van der Waals surface area contributed by atoms with E-state index < -0.39 is 17.8 Å². The van der Waals surface area contributed by atoms with Crippen LogP contribution in [0, 0.1) is 0 Å². The van der Waals surface area contributed by atoms with Crippen LogP contribution < -0.4 is 10.6 Å². The van der Waals surface area contributed by atoms with Gasteiger partial charge in [0.2, 0.25) is 5.91 Å². The molecule has 1 aliphatic rings. The molecule has 2 amide bonds. The van der Waals surface area contributed by atoms with Crippen molar-refractivity contribution in [2.24, 2.45) is 0 Å². The summed E-state index contributed by atoms with van der Waals surface area (Å²) in [5.41, 5.74) is 5.40. The predicted molar refractivity (Wildman–Crippen MR) is 174 cm³/mol. The van der Waals surface area contributed by atoms with Gasteiger partial charge in [-0.25, -0.2) is 9.48 Å². The van der Waals surface area contributed by atoms with Crippen LogP contribution in [-0.2, 0) is 15.7 Å². The summed E-state index contributed by atoms with van der Waals surface area (Å²) in [7, 11) is 1.28. The highest BCUT2D eigenvalue weighted by molar-refractivity contribution is 6.31. The molecule has 2 bridgehead atoms. The van der Waals surface area contributed by atoms with Gasteiger partial charge in [0.05, 0.1) is 30.2 Å². The van der Waals surface area contributed by atoms with Crippen LogP contribution in [0.5, 0.6) is 0 Å². The van der Waals surface area contributed by atoms with E-state index in [-0.39, 0.29) is 11.8 Å². The number of methoxy groups -OCH3 is 1. The Hall–Kier alpha value is -5.16. The molecule has 8 nitrogen and oxygen atoms in total. The Morgan fingerprint density at radius 3 is 2.60 bits per heavy atom. The summed E-state index contributed by atoms with van der Waals surface area (Å²) in [4.78, 5) is 29.5. The minimum Gasteiger partial charge on any atom is -0.453 e. The van der Waals surface area contributed by atoms with Crippen LogP contribution >= 0.6 is 11.6 Å². The molecule has 0 saturated heterocycles. The van der Waals surface area contributed by atoms with Crippen molar-refractivity contribution in [3.63, 3.8) is 0 Å². The van der Waals surface area contributed by atoms with Crippen LogP contribution in [0.1, 0.15) is 48.4 Å². The number of anilines is 2. The number of hydrogen-bond donors (Lipinski definition) is 2. The van der Waals surface area contributed by atoms with Crippen molar-refractivity contribution in [1.82, 2.24) is 14.8 Å². The Bertz CT molecular complexity index is 1940. The Morgan fingerprint density at radius 2 is 1.85 bits per heavy atom. The van der Waals surface area contributed by atoms with E-state index in [1.54, 1.807) is 36.5 Å². The zero-order chi connectivity index (χ0) is 33.1. The molecule has 2 N–H and O–H groups in total. The lowest BCUT2D eigenvalue weighted by atomic mass is 9.87. The van der Waals surface area contributed by atoms with Gasteiger partial charge in [0.1, 0.15) is 0 Å². The first-order valence-electron chi connectivity index (χ1n) is 14.9. The van der Waals surface area contributed by atoms with E-state index in [0.717, 1.165) is 47.6 Å². The molecule has 2 aromatic heterocycles. The Labute approximate surface area is 273 Å². The zero-order valence-corrected chi connectivity index (χ0v) is 25.9. The Kier molecular flexibility index (Phi) is 8.99. The number of benzene rings is 3. The minimum absolute atomic E-state index is 0.0884.